The van der Waals surface area contributed by atoms with Crippen LogP contribution in [0.4, 0.5) is 8.78 Å². The standard InChI is InChI=1S/C17H14F2O/c18-15-8-4-7-12(17(15)19)9-16(20)14-10-13(14)11-5-2-1-3-6-11/h1-8,13-14H,9-10H2. The number of carbonyl (C=O) groups excluding carboxylic acids is 1. The van der Waals surface area contributed by atoms with Gasteiger partial charge in [0.2, 0.25) is 0 Å². The maximum atomic E-state index is 13.5. The van der Waals surface area contributed by atoms with E-state index >= 15 is 0 Å². The number of Topliss-reactive ketones (excluding diaryl/α,β-unsaturated/α-hetero) is 1. The third-order valence-electron chi connectivity index (χ3n) is 3.83. The summed E-state index contributed by atoms with van der Waals surface area (Å²) in [5, 5.41) is 0. The first-order valence-electron chi connectivity index (χ1n) is 6.67. The van der Waals surface area contributed by atoms with E-state index in [0.717, 1.165) is 18.1 Å². The molecule has 0 amide bonds. The molecule has 2 unspecified atom stereocenters. The zero-order valence-electron chi connectivity index (χ0n) is 10.9. The summed E-state index contributed by atoms with van der Waals surface area (Å²) in [6, 6.07) is 13.8. The normalized spacial score (nSPS) is 20.7. The Labute approximate surface area is 116 Å². The Bertz CT molecular complexity index is 637. The van der Waals surface area contributed by atoms with Crippen LogP contribution in [-0.2, 0) is 11.2 Å². The molecule has 1 fully saturated rings. The molecular formula is C17H14F2O. The van der Waals surface area contributed by atoms with E-state index in [0.29, 0.717) is 0 Å². The van der Waals surface area contributed by atoms with Crippen molar-refractivity contribution >= 4 is 5.78 Å². The van der Waals surface area contributed by atoms with Crippen molar-refractivity contribution in [1.82, 2.24) is 0 Å². The van der Waals surface area contributed by atoms with E-state index in [1.54, 1.807) is 0 Å². The van der Waals surface area contributed by atoms with Crippen LogP contribution in [0.15, 0.2) is 48.5 Å². The second-order valence-electron chi connectivity index (χ2n) is 5.22. The molecule has 0 bridgehead atoms. The van der Waals surface area contributed by atoms with Gasteiger partial charge in [-0.25, -0.2) is 8.78 Å². The molecule has 2 atom stereocenters. The highest BCUT2D eigenvalue weighted by molar-refractivity contribution is 5.87. The molecule has 0 N–H and O–H groups in total. The molecule has 1 saturated carbocycles. The summed E-state index contributed by atoms with van der Waals surface area (Å²) in [5.41, 5.74) is 1.29. The molecule has 1 aliphatic rings. The molecule has 0 spiro atoms. The molecule has 3 rings (SSSR count). The SMILES string of the molecule is O=C(Cc1cccc(F)c1F)C1CC1c1ccccc1. The molecule has 2 aromatic rings. The van der Waals surface area contributed by atoms with Crippen LogP contribution in [0.5, 0.6) is 0 Å². The molecule has 0 saturated heterocycles. The van der Waals surface area contributed by atoms with Crippen LogP contribution in [0.2, 0.25) is 0 Å². The van der Waals surface area contributed by atoms with Crippen molar-refractivity contribution in [3.8, 4) is 0 Å². The highest BCUT2D eigenvalue weighted by atomic mass is 19.2. The number of halogens is 2. The molecule has 0 aliphatic heterocycles. The van der Waals surface area contributed by atoms with Gasteiger partial charge in [0.15, 0.2) is 11.6 Å². The monoisotopic (exact) mass is 272 g/mol. The highest BCUT2D eigenvalue weighted by Gasteiger charge is 2.43. The van der Waals surface area contributed by atoms with Gasteiger partial charge in [-0.15, -0.1) is 0 Å². The van der Waals surface area contributed by atoms with E-state index in [9.17, 15) is 13.6 Å². The van der Waals surface area contributed by atoms with Gasteiger partial charge < -0.3 is 0 Å². The Morgan fingerprint density at radius 1 is 1.05 bits per heavy atom. The maximum Gasteiger partial charge on any atom is 0.162 e. The van der Waals surface area contributed by atoms with Crippen LogP contribution in [-0.4, -0.2) is 5.78 Å². The lowest BCUT2D eigenvalue weighted by atomic mass is 10.0. The van der Waals surface area contributed by atoms with E-state index in [2.05, 4.69) is 0 Å². The molecule has 1 nitrogen and oxygen atoms in total. The van der Waals surface area contributed by atoms with Crippen LogP contribution < -0.4 is 0 Å². The molecule has 0 heterocycles. The lowest BCUT2D eigenvalue weighted by molar-refractivity contribution is -0.119. The Balaban J connectivity index is 1.69. The van der Waals surface area contributed by atoms with Gasteiger partial charge in [-0.3, -0.25) is 4.79 Å². The van der Waals surface area contributed by atoms with Crippen LogP contribution >= 0.6 is 0 Å². The van der Waals surface area contributed by atoms with Crippen molar-refractivity contribution in [3.05, 3.63) is 71.3 Å². The average molecular weight is 272 g/mol. The summed E-state index contributed by atoms with van der Waals surface area (Å²) >= 11 is 0. The Hall–Kier alpha value is -2.03. The van der Waals surface area contributed by atoms with Crippen molar-refractivity contribution in [2.24, 2.45) is 5.92 Å². The van der Waals surface area contributed by atoms with Gasteiger partial charge in [-0.1, -0.05) is 42.5 Å². The first kappa shape index (κ1) is 13.0. The summed E-state index contributed by atoms with van der Waals surface area (Å²) in [6.07, 6.45) is 0.775. The predicted octanol–water partition coefficient (Wildman–Crippen LogP) is 3.88. The third-order valence-corrected chi connectivity index (χ3v) is 3.83. The molecule has 1 aliphatic carbocycles. The zero-order chi connectivity index (χ0) is 14.1. The minimum absolute atomic E-state index is 0.0108. The number of rotatable bonds is 4. The topological polar surface area (TPSA) is 17.1 Å². The minimum atomic E-state index is -0.905. The van der Waals surface area contributed by atoms with Crippen LogP contribution in [0.25, 0.3) is 0 Å². The fourth-order valence-electron chi connectivity index (χ4n) is 2.62. The third kappa shape index (κ3) is 2.48. The Kier molecular flexibility index (Phi) is 3.35. The fraction of sp³-hybridized carbons (Fsp3) is 0.235. The van der Waals surface area contributed by atoms with Crippen molar-refractivity contribution in [1.29, 1.82) is 0 Å². The Morgan fingerprint density at radius 3 is 2.55 bits per heavy atom. The summed E-state index contributed by atoms with van der Waals surface area (Å²) in [7, 11) is 0. The largest absolute Gasteiger partial charge is 0.299 e. The first-order valence-corrected chi connectivity index (χ1v) is 6.67. The van der Waals surface area contributed by atoms with Gasteiger partial charge in [0, 0.05) is 12.3 Å². The van der Waals surface area contributed by atoms with Gasteiger partial charge in [-0.2, -0.15) is 0 Å². The highest BCUT2D eigenvalue weighted by Crippen LogP contribution is 2.48. The fourth-order valence-corrected chi connectivity index (χ4v) is 2.62. The van der Waals surface area contributed by atoms with E-state index in [-0.39, 0.29) is 29.6 Å². The zero-order valence-corrected chi connectivity index (χ0v) is 10.9. The van der Waals surface area contributed by atoms with E-state index in [1.807, 2.05) is 30.3 Å². The van der Waals surface area contributed by atoms with Crippen molar-refractivity contribution in [2.45, 2.75) is 18.8 Å². The summed E-state index contributed by atoms with van der Waals surface area (Å²) in [5.74, 6) is -1.63. The van der Waals surface area contributed by atoms with Gasteiger partial charge in [0.05, 0.1) is 0 Å². The summed E-state index contributed by atoms with van der Waals surface area (Å²) < 4.78 is 26.6. The first-order chi connectivity index (χ1) is 9.66. The lowest BCUT2D eigenvalue weighted by Gasteiger charge is -2.03. The number of ketones is 1. The van der Waals surface area contributed by atoms with Crippen molar-refractivity contribution in [3.63, 3.8) is 0 Å². The molecule has 102 valence electrons. The van der Waals surface area contributed by atoms with Gasteiger partial charge >= 0.3 is 0 Å². The minimum Gasteiger partial charge on any atom is -0.299 e. The van der Waals surface area contributed by atoms with Crippen LogP contribution in [0.3, 0.4) is 0 Å². The van der Waals surface area contributed by atoms with Crippen LogP contribution in [0.1, 0.15) is 23.5 Å². The van der Waals surface area contributed by atoms with E-state index in [1.165, 1.54) is 12.1 Å². The predicted molar refractivity (Wildman–Crippen MR) is 72.4 cm³/mol. The van der Waals surface area contributed by atoms with E-state index in [4.69, 9.17) is 0 Å². The number of benzene rings is 2. The molecule has 20 heavy (non-hydrogen) atoms. The molecule has 3 heteroatoms. The van der Waals surface area contributed by atoms with Gasteiger partial charge in [0.1, 0.15) is 5.78 Å². The van der Waals surface area contributed by atoms with E-state index < -0.39 is 11.6 Å². The second kappa shape index (κ2) is 5.16. The number of hydrogen-bond acceptors (Lipinski definition) is 1. The quantitative estimate of drug-likeness (QED) is 0.825. The van der Waals surface area contributed by atoms with Gasteiger partial charge in [0.25, 0.3) is 0 Å². The van der Waals surface area contributed by atoms with Crippen molar-refractivity contribution in [2.75, 3.05) is 0 Å². The molecule has 0 aromatic heterocycles. The maximum absolute atomic E-state index is 13.5. The van der Waals surface area contributed by atoms with Gasteiger partial charge in [-0.05, 0) is 29.5 Å². The number of carbonyl (C=O) groups is 1. The van der Waals surface area contributed by atoms with Crippen LogP contribution in [0, 0.1) is 17.6 Å². The second-order valence-corrected chi connectivity index (χ2v) is 5.22. The summed E-state index contributed by atoms with van der Waals surface area (Å²) in [4.78, 5) is 12.1. The van der Waals surface area contributed by atoms with Crippen molar-refractivity contribution < 1.29 is 13.6 Å². The summed E-state index contributed by atoms with van der Waals surface area (Å²) in [6.45, 7) is 0. The molecular weight excluding hydrogens is 258 g/mol. The molecule has 2 aromatic carbocycles. The average Bonchev–Trinajstić information content (AvgIpc) is 3.25. The molecule has 0 radical (unpaired) electrons. The number of hydrogen-bond donors (Lipinski definition) is 0. The smallest absolute Gasteiger partial charge is 0.162 e. The Morgan fingerprint density at radius 2 is 1.80 bits per heavy atom. The lowest BCUT2D eigenvalue weighted by Crippen LogP contribution is -2.08.